The molecule has 2 aromatic carbocycles. The molecule has 2 heteroatoms. The highest BCUT2D eigenvalue weighted by Crippen LogP contribution is 2.38. The first kappa shape index (κ1) is 25.2. The molecule has 0 N–H and O–H groups in total. The Morgan fingerprint density at radius 2 is 0.935 bits per heavy atom. The molecule has 0 atom stereocenters. The summed E-state index contributed by atoms with van der Waals surface area (Å²) in [6.07, 6.45) is 1.08. The molecule has 170 valence electrons. The van der Waals surface area contributed by atoms with E-state index < -0.39 is 5.60 Å². The van der Waals surface area contributed by atoms with Crippen LogP contribution >= 0.6 is 0 Å². The summed E-state index contributed by atoms with van der Waals surface area (Å²) in [5, 5.41) is 0. The molecule has 31 heavy (non-hydrogen) atoms. The van der Waals surface area contributed by atoms with Gasteiger partial charge in [0.15, 0.2) is 0 Å². The zero-order chi connectivity index (χ0) is 23.7. The van der Waals surface area contributed by atoms with Crippen LogP contribution in [0.3, 0.4) is 0 Å². The first-order valence-electron chi connectivity index (χ1n) is 11.5. The van der Waals surface area contributed by atoms with E-state index in [4.69, 9.17) is 4.74 Å². The molecule has 0 saturated carbocycles. The minimum atomic E-state index is -0.462. The van der Waals surface area contributed by atoms with E-state index in [0.29, 0.717) is 12.8 Å². The van der Waals surface area contributed by atoms with Gasteiger partial charge in [0.25, 0.3) is 0 Å². The van der Waals surface area contributed by atoms with E-state index in [2.05, 4.69) is 97.0 Å². The lowest BCUT2D eigenvalue weighted by Gasteiger charge is -2.33. The summed E-state index contributed by atoms with van der Waals surface area (Å²) in [4.78, 5) is 12.5. The highest BCUT2D eigenvalue weighted by atomic mass is 16.6. The number of benzene rings is 2. The van der Waals surface area contributed by atoms with Crippen LogP contribution in [0.4, 0.5) is 0 Å². The molecule has 0 heterocycles. The van der Waals surface area contributed by atoms with Gasteiger partial charge in [0, 0.05) is 11.8 Å². The van der Waals surface area contributed by atoms with E-state index in [1.54, 1.807) is 0 Å². The van der Waals surface area contributed by atoms with E-state index in [0.717, 1.165) is 0 Å². The van der Waals surface area contributed by atoms with Crippen molar-refractivity contribution in [2.75, 3.05) is 0 Å². The Morgan fingerprint density at radius 3 is 1.23 bits per heavy atom. The van der Waals surface area contributed by atoms with E-state index in [1.165, 1.54) is 22.3 Å². The number of carbonyl (C=O) groups excluding carboxylic acids is 1. The van der Waals surface area contributed by atoms with Crippen molar-refractivity contribution < 1.29 is 9.53 Å². The fraction of sp³-hybridized carbons (Fsp3) is 0.552. The molecule has 0 radical (unpaired) electrons. The van der Waals surface area contributed by atoms with Crippen LogP contribution in [0.2, 0.25) is 0 Å². The molecule has 2 rings (SSSR count). The maximum atomic E-state index is 12.5. The van der Waals surface area contributed by atoms with Crippen LogP contribution < -0.4 is 0 Å². The summed E-state index contributed by atoms with van der Waals surface area (Å²) in [5.41, 5.74) is 4.57. The fourth-order valence-electron chi connectivity index (χ4n) is 3.88. The quantitative estimate of drug-likeness (QED) is 0.461. The van der Waals surface area contributed by atoms with Gasteiger partial charge in [0.05, 0.1) is 0 Å². The molecular weight excluding hydrogens is 380 g/mol. The van der Waals surface area contributed by atoms with Crippen molar-refractivity contribution in [3.05, 3.63) is 70.8 Å². The molecule has 0 saturated heterocycles. The summed E-state index contributed by atoms with van der Waals surface area (Å²) in [7, 11) is 0. The van der Waals surface area contributed by atoms with Crippen LogP contribution in [-0.2, 0) is 25.8 Å². The number of hydrogen-bond acceptors (Lipinski definition) is 2. The molecular formula is C29H42O2. The first-order valence-corrected chi connectivity index (χ1v) is 11.5. The lowest BCUT2D eigenvalue weighted by atomic mass is 9.71. The lowest BCUT2D eigenvalue weighted by Crippen LogP contribution is -2.28. The van der Waals surface area contributed by atoms with Crippen LogP contribution in [0.1, 0.15) is 104 Å². The largest absolute Gasteiger partial charge is 0.460 e. The first-order chi connectivity index (χ1) is 14.0. The monoisotopic (exact) mass is 422 g/mol. The van der Waals surface area contributed by atoms with Gasteiger partial charge in [-0.25, -0.2) is 0 Å². The van der Waals surface area contributed by atoms with E-state index in [9.17, 15) is 4.79 Å². The maximum absolute atomic E-state index is 12.5. The van der Waals surface area contributed by atoms with Crippen molar-refractivity contribution in [3.63, 3.8) is 0 Å². The van der Waals surface area contributed by atoms with Crippen molar-refractivity contribution in [3.8, 4) is 0 Å². The van der Waals surface area contributed by atoms with E-state index in [-0.39, 0.29) is 22.2 Å². The Balaban J connectivity index is 2.42. The van der Waals surface area contributed by atoms with Crippen LogP contribution in [0.5, 0.6) is 0 Å². The van der Waals surface area contributed by atoms with Crippen LogP contribution in [-0.4, -0.2) is 11.6 Å². The molecule has 0 amide bonds. The Hall–Kier alpha value is -2.09. The summed E-state index contributed by atoms with van der Waals surface area (Å²) in [6, 6.07) is 17.8. The minimum absolute atomic E-state index is 0.111. The molecule has 0 spiro atoms. The van der Waals surface area contributed by atoms with Gasteiger partial charge in [-0.05, 0) is 60.3 Å². The highest BCUT2D eigenvalue weighted by Gasteiger charge is 2.31. The fourth-order valence-corrected chi connectivity index (χ4v) is 3.88. The lowest BCUT2D eigenvalue weighted by molar-refractivity contribution is -0.155. The molecule has 0 fully saturated rings. The number of hydrogen-bond donors (Lipinski definition) is 0. The van der Waals surface area contributed by atoms with Crippen molar-refractivity contribution in [2.45, 2.75) is 104 Å². The zero-order valence-electron chi connectivity index (χ0n) is 21.3. The molecule has 2 aromatic rings. The summed E-state index contributed by atoms with van der Waals surface area (Å²) in [5.74, 6) is -0.142. The Morgan fingerprint density at radius 1 is 0.613 bits per heavy atom. The second-order valence-corrected chi connectivity index (χ2v) is 12.1. The standard InChI is InChI=1S/C29H42O2/c1-26(2,3)21-11-15-23(16-12-21)29(10,20-19-25(30)31-28(7,8)9)24-17-13-22(14-18-24)27(4,5)6/h11-18H,19-20H2,1-10H3. The van der Waals surface area contributed by atoms with E-state index in [1.807, 2.05) is 20.8 Å². The van der Waals surface area contributed by atoms with Crippen molar-refractivity contribution in [1.29, 1.82) is 0 Å². The highest BCUT2D eigenvalue weighted by molar-refractivity contribution is 5.70. The Kier molecular flexibility index (Phi) is 7.15. The molecule has 2 nitrogen and oxygen atoms in total. The maximum Gasteiger partial charge on any atom is 0.306 e. The van der Waals surface area contributed by atoms with Crippen LogP contribution in [0.15, 0.2) is 48.5 Å². The second kappa shape index (κ2) is 8.81. The van der Waals surface area contributed by atoms with Crippen molar-refractivity contribution in [2.24, 2.45) is 0 Å². The SMILES string of the molecule is CC(C)(C)OC(=O)CCC(C)(c1ccc(C(C)(C)C)cc1)c1ccc(C(C)(C)C)cc1. The predicted octanol–water partition coefficient (Wildman–Crippen LogP) is 7.71. The van der Waals surface area contributed by atoms with Gasteiger partial charge >= 0.3 is 5.97 Å². The number of ether oxygens (including phenoxy) is 1. The molecule has 0 aliphatic carbocycles. The number of carbonyl (C=O) groups is 1. The number of esters is 1. The topological polar surface area (TPSA) is 26.3 Å². The third-order valence-electron chi connectivity index (χ3n) is 6.03. The Labute approximate surface area is 190 Å². The zero-order valence-corrected chi connectivity index (χ0v) is 21.3. The van der Waals surface area contributed by atoms with Gasteiger partial charge in [-0.3, -0.25) is 4.79 Å². The number of rotatable bonds is 5. The minimum Gasteiger partial charge on any atom is -0.460 e. The molecule has 0 bridgehead atoms. The molecule has 0 aliphatic heterocycles. The molecule has 0 aliphatic rings. The van der Waals surface area contributed by atoms with E-state index >= 15 is 0 Å². The summed E-state index contributed by atoms with van der Waals surface area (Å²) < 4.78 is 5.59. The third kappa shape index (κ3) is 6.69. The van der Waals surface area contributed by atoms with Crippen LogP contribution in [0.25, 0.3) is 0 Å². The third-order valence-corrected chi connectivity index (χ3v) is 6.03. The molecule has 0 unspecified atom stereocenters. The Bertz CT molecular complexity index is 809. The smallest absolute Gasteiger partial charge is 0.306 e. The predicted molar refractivity (Wildman–Crippen MR) is 132 cm³/mol. The van der Waals surface area contributed by atoms with Gasteiger partial charge < -0.3 is 4.74 Å². The second-order valence-electron chi connectivity index (χ2n) is 12.1. The van der Waals surface area contributed by atoms with Gasteiger partial charge in [0.1, 0.15) is 5.60 Å². The molecule has 0 aromatic heterocycles. The van der Waals surface area contributed by atoms with Gasteiger partial charge in [-0.1, -0.05) is 97.0 Å². The average molecular weight is 423 g/mol. The normalized spacial score (nSPS) is 13.2. The summed E-state index contributed by atoms with van der Waals surface area (Å²) in [6.45, 7) is 21.4. The van der Waals surface area contributed by atoms with Gasteiger partial charge in [0.2, 0.25) is 0 Å². The average Bonchev–Trinajstić information content (AvgIpc) is 2.63. The van der Waals surface area contributed by atoms with Gasteiger partial charge in [-0.2, -0.15) is 0 Å². The van der Waals surface area contributed by atoms with Crippen LogP contribution in [0, 0.1) is 0 Å². The van der Waals surface area contributed by atoms with Gasteiger partial charge in [-0.15, -0.1) is 0 Å². The summed E-state index contributed by atoms with van der Waals surface area (Å²) >= 11 is 0. The van der Waals surface area contributed by atoms with Crippen molar-refractivity contribution in [1.82, 2.24) is 0 Å². The van der Waals surface area contributed by atoms with Crippen molar-refractivity contribution >= 4 is 5.97 Å².